The first-order valence-corrected chi connectivity index (χ1v) is 8.56. The van der Waals surface area contributed by atoms with Crippen LogP contribution in [0.2, 0.25) is 0 Å². The Kier molecular flexibility index (Phi) is 5.99. The van der Waals surface area contributed by atoms with E-state index in [2.05, 4.69) is 28.8 Å². The summed E-state index contributed by atoms with van der Waals surface area (Å²) >= 11 is 0. The molecule has 0 saturated carbocycles. The second-order valence-corrected chi connectivity index (χ2v) is 6.02. The van der Waals surface area contributed by atoms with Crippen LogP contribution in [-0.4, -0.2) is 25.6 Å². The van der Waals surface area contributed by atoms with Crippen LogP contribution in [0.3, 0.4) is 0 Å². The molecule has 0 atom stereocenters. The average molecular weight is 324 g/mol. The van der Waals surface area contributed by atoms with E-state index in [9.17, 15) is 4.79 Å². The highest BCUT2D eigenvalue weighted by atomic mass is 16.5. The number of benzene rings is 2. The second-order valence-electron chi connectivity index (χ2n) is 6.02. The SMILES string of the molecule is O=C(NCCCOCc1ccccc1)c1cccc2c1CCNC2. The number of rotatable bonds is 7. The topological polar surface area (TPSA) is 50.4 Å². The molecule has 1 aliphatic heterocycles. The van der Waals surface area contributed by atoms with Gasteiger partial charge in [-0.05, 0) is 42.1 Å². The molecule has 0 saturated heterocycles. The quantitative estimate of drug-likeness (QED) is 0.770. The third-order valence-electron chi connectivity index (χ3n) is 4.25. The van der Waals surface area contributed by atoms with E-state index in [1.807, 2.05) is 30.3 Å². The molecule has 4 heteroatoms. The predicted molar refractivity (Wildman–Crippen MR) is 94.9 cm³/mol. The molecule has 2 aromatic carbocycles. The van der Waals surface area contributed by atoms with Crippen molar-refractivity contribution in [3.8, 4) is 0 Å². The van der Waals surface area contributed by atoms with Crippen molar-refractivity contribution in [2.75, 3.05) is 19.7 Å². The highest BCUT2D eigenvalue weighted by Crippen LogP contribution is 2.18. The Morgan fingerprint density at radius 2 is 2.00 bits per heavy atom. The van der Waals surface area contributed by atoms with Gasteiger partial charge in [0.15, 0.2) is 0 Å². The summed E-state index contributed by atoms with van der Waals surface area (Å²) in [5, 5.41) is 6.35. The summed E-state index contributed by atoms with van der Waals surface area (Å²) < 4.78 is 5.64. The largest absolute Gasteiger partial charge is 0.377 e. The first kappa shape index (κ1) is 16.7. The minimum absolute atomic E-state index is 0.0248. The molecular weight excluding hydrogens is 300 g/mol. The van der Waals surface area contributed by atoms with E-state index < -0.39 is 0 Å². The number of carbonyl (C=O) groups is 1. The highest BCUT2D eigenvalue weighted by Gasteiger charge is 2.16. The first-order valence-electron chi connectivity index (χ1n) is 8.56. The average Bonchev–Trinajstić information content (AvgIpc) is 2.64. The van der Waals surface area contributed by atoms with E-state index in [0.29, 0.717) is 19.8 Å². The predicted octanol–water partition coefficient (Wildman–Crippen LogP) is 2.67. The highest BCUT2D eigenvalue weighted by molar-refractivity contribution is 5.96. The van der Waals surface area contributed by atoms with Crippen molar-refractivity contribution in [3.63, 3.8) is 0 Å². The lowest BCUT2D eigenvalue weighted by Gasteiger charge is -2.19. The normalized spacial score (nSPS) is 13.3. The Morgan fingerprint density at radius 1 is 1.12 bits per heavy atom. The zero-order valence-electron chi connectivity index (χ0n) is 13.9. The van der Waals surface area contributed by atoms with Crippen LogP contribution in [0.4, 0.5) is 0 Å². The van der Waals surface area contributed by atoms with E-state index in [4.69, 9.17) is 4.74 Å². The van der Waals surface area contributed by atoms with Crippen molar-refractivity contribution in [2.24, 2.45) is 0 Å². The third kappa shape index (κ3) is 4.43. The minimum atomic E-state index is 0.0248. The van der Waals surface area contributed by atoms with Gasteiger partial charge < -0.3 is 15.4 Å². The lowest BCUT2D eigenvalue weighted by molar-refractivity contribution is 0.0933. The number of nitrogens with one attached hydrogen (secondary N) is 2. The molecule has 1 amide bonds. The van der Waals surface area contributed by atoms with Crippen LogP contribution in [0.15, 0.2) is 48.5 Å². The van der Waals surface area contributed by atoms with Gasteiger partial charge in [-0.2, -0.15) is 0 Å². The molecule has 1 aliphatic rings. The van der Waals surface area contributed by atoms with Gasteiger partial charge in [-0.25, -0.2) is 0 Å². The molecule has 0 spiro atoms. The molecule has 1 heterocycles. The minimum Gasteiger partial charge on any atom is -0.377 e. The molecule has 0 aromatic heterocycles. The second kappa shape index (κ2) is 8.62. The summed E-state index contributed by atoms with van der Waals surface area (Å²) in [5.41, 5.74) is 4.42. The third-order valence-corrected chi connectivity index (χ3v) is 4.25. The summed E-state index contributed by atoms with van der Waals surface area (Å²) in [6, 6.07) is 16.1. The van der Waals surface area contributed by atoms with Crippen molar-refractivity contribution in [1.82, 2.24) is 10.6 Å². The molecule has 0 aliphatic carbocycles. The standard InChI is InChI=1S/C20H24N2O2/c23-20(19-9-4-8-17-14-21-12-10-18(17)19)22-11-5-13-24-15-16-6-2-1-3-7-16/h1-4,6-9,21H,5,10-15H2,(H,22,23). The molecule has 0 fully saturated rings. The number of hydrogen-bond acceptors (Lipinski definition) is 3. The van der Waals surface area contributed by atoms with E-state index in [1.165, 1.54) is 16.7 Å². The maximum atomic E-state index is 12.4. The van der Waals surface area contributed by atoms with E-state index >= 15 is 0 Å². The molecule has 2 aromatic rings. The fourth-order valence-electron chi connectivity index (χ4n) is 2.98. The maximum absolute atomic E-state index is 12.4. The molecule has 2 N–H and O–H groups in total. The smallest absolute Gasteiger partial charge is 0.251 e. The van der Waals surface area contributed by atoms with Gasteiger partial charge in [-0.1, -0.05) is 42.5 Å². The van der Waals surface area contributed by atoms with Crippen LogP contribution < -0.4 is 10.6 Å². The zero-order chi connectivity index (χ0) is 16.6. The van der Waals surface area contributed by atoms with Crippen LogP contribution >= 0.6 is 0 Å². The number of carbonyl (C=O) groups excluding carboxylic acids is 1. The fourth-order valence-corrected chi connectivity index (χ4v) is 2.98. The lowest BCUT2D eigenvalue weighted by Crippen LogP contribution is -2.30. The summed E-state index contributed by atoms with van der Waals surface area (Å²) in [4.78, 5) is 12.4. The number of ether oxygens (including phenoxy) is 1. The molecule has 0 bridgehead atoms. The molecule has 3 rings (SSSR count). The van der Waals surface area contributed by atoms with Gasteiger partial charge in [-0.15, -0.1) is 0 Å². The first-order chi connectivity index (χ1) is 11.8. The van der Waals surface area contributed by atoms with Crippen LogP contribution in [-0.2, 0) is 24.3 Å². The van der Waals surface area contributed by atoms with Gasteiger partial charge in [0.25, 0.3) is 5.91 Å². The summed E-state index contributed by atoms with van der Waals surface area (Å²) in [7, 11) is 0. The summed E-state index contributed by atoms with van der Waals surface area (Å²) in [5.74, 6) is 0.0248. The van der Waals surface area contributed by atoms with Crippen molar-refractivity contribution in [3.05, 3.63) is 70.8 Å². The number of hydrogen-bond donors (Lipinski definition) is 2. The monoisotopic (exact) mass is 324 g/mol. The molecular formula is C20H24N2O2. The van der Waals surface area contributed by atoms with Crippen molar-refractivity contribution in [1.29, 1.82) is 0 Å². The zero-order valence-corrected chi connectivity index (χ0v) is 13.9. The van der Waals surface area contributed by atoms with E-state index in [-0.39, 0.29) is 5.91 Å². The van der Waals surface area contributed by atoms with Gasteiger partial charge in [0.2, 0.25) is 0 Å². The van der Waals surface area contributed by atoms with Gasteiger partial charge in [-0.3, -0.25) is 4.79 Å². The van der Waals surface area contributed by atoms with E-state index in [1.54, 1.807) is 0 Å². The molecule has 4 nitrogen and oxygen atoms in total. The maximum Gasteiger partial charge on any atom is 0.251 e. The number of amides is 1. The van der Waals surface area contributed by atoms with Gasteiger partial charge in [0, 0.05) is 25.3 Å². The Hall–Kier alpha value is -2.17. The van der Waals surface area contributed by atoms with Crippen LogP contribution in [0, 0.1) is 0 Å². The van der Waals surface area contributed by atoms with Crippen LogP contribution in [0.5, 0.6) is 0 Å². The Bertz CT molecular complexity index is 671. The van der Waals surface area contributed by atoms with Gasteiger partial charge in [0.1, 0.15) is 0 Å². The van der Waals surface area contributed by atoms with Crippen LogP contribution in [0.25, 0.3) is 0 Å². The van der Waals surface area contributed by atoms with Gasteiger partial charge in [0.05, 0.1) is 6.61 Å². The molecule has 0 radical (unpaired) electrons. The van der Waals surface area contributed by atoms with Gasteiger partial charge >= 0.3 is 0 Å². The lowest BCUT2D eigenvalue weighted by atomic mass is 9.95. The fraction of sp³-hybridized carbons (Fsp3) is 0.350. The molecule has 0 unspecified atom stereocenters. The summed E-state index contributed by atoms with van der Waals surface area (Å²) in [6.07, 6.45) is 1.73. The summed E-state index contributed by atoms with van der Waals surface area (Å²) in [6.45, 7) is 3.68. The molecule has 126 valence electrons. The number of fused-ring (bicyclic) bond motifs is 1. The Morgan fingerprint density at radius 3 is 2.88 bits per heavy atom. The van der Waals surface area contributed by atoms with Crippen molar-refractivity contribution in [2.45, 2.75) is 26.0 Å². The Labute approximate surface area is 143 Å². The van der Waals surface area contributed by atoms with E-state index in [0.717, 1.165) is 31.5 Å². The Balaban J connectivity index is 1.40. The van der Waals surface area contributed by atoms with Crippen LogP contribution in [0.1, 0.15) is 33.5 Å². The van der Waals surface area contributed by atoms with Crippen molar-refractivity contribution >= 4 is 5.91 Å². The molecule has 24 heavy (non-hydrogen) atoms. The van der Waals surface area contributed by atoms with Crippen molar-refractivity contribution < 1.29 is 9.53 Å².